The smallest absolute Gasteiger partial charge is 0.308 e. The molecule has 4 aliphatic carbocycles. The van der Waals surface area contributed by atoms with Crippen molar-refractivity contribution in [3.8, 4) is 0 Å². The topological polar surface area (TPSA) is 181 Å². The van der Waals surface area contributed by atoms with E-state index in [4.69, 9.17) is 28.4 Å². The van der Waals surface area contributed by atoms with Crippen LogP contribution in [0.25, 0.3) is 0 Å². The van der Waals surface area contributed by atoms with E-state index in [0.717, 1.165) is 148 Å². The van der Waals surface area contributed by atoms with Crippen molar-refractivity contribution in [1.29, 1.82) is 0 Å². The number of aliphatic hydroxyl groups excluding tert-OH is 1. The summed E-state index contributed by atoms with van der Waals surface area (Å²) >= 11 is 0. The molecule has 4 rings (SSSR count). The fraction of sp³-hybridized carbons (Fsp3) is 0.915. The minimum Gasteiger partial charge on any atom is -0.465 e. The van der Waals surface area contributed by atoms with E-state index >= 15 is 0 Å². The number of ether oxygens (including phenoxy) is 6. The number of carbonyl (C=O) groups is 6. The monoisotopic (exact) mass is 1200 g/mol. The Morgan fingerprint density at radius 1 is 0.329 bits per heavy atom. The van der Waals surface area contributed by atoms with Crippen molar-refractivity contribution in [2.45, 2.75) is 291 Å². The van der Waals surface area contributed by atoms with E-state index < -0.39 is 11.8 Å². The van der Waals surface area contributed by atoms with Crippen molar-refractivity contribution in [2.24, 2.45) is 59.2 Å². The molecular weight excluding hydrogens is 1070 g/mol. The fourth-order valence-electron chi connectivity index (χ4n) is 13.8. The van der Waals surface area contributed by atoms with Gasteiger partial charge in [0.05, 0.1) is 35.5 Å². The van der Waals surface area contributed by atoms with Crippen LogP contribution in [0.15, 0.2) is 0 Å². The van der Waals surface area contributed by atoms with Crippen LogP contribution in [-0.4, -0.2) is 112 Å². The summed E-state index contributed by atoms with van der Waals surface area (Å²) in [5.74, 6) is 0.00678. The summed E-state index contributed by atoms with van der Waals surface area (Å²) in [5, 5.41) is 9.65. The first-order chi connectivity index (χ1) is 41.4. The van der Waals surface area contributed by atoms with Gasteiger partial charge in [0.25, 0.3) is 0 Å². The number of unbranched alkanes of at least 4 members (excludes halogenated alkanes) is 12. The minimum absolute atomic E-state index is 0.0231. The third-order valence-corrected chi connectivity index (χ3v) is 19.7. The molecule has 0 atom stereocenters. The van der Waals surface area contributed by atoms with Gasteiger partial charge in [-0.15, -0.1) is 0 Å². The van der Waals surface area contributed by atoms with Crippen molar-refractivity contribution in [3.05, 3.63) is 0 Å². The molecule has 0 aromatic heterocycles. The first-order valence-corrected chi connectivity index (χ1v) is 35.8. The summed E-state index contributed by atoms with van der Waals surface area (Å²) in [6, 6.07) is 0. The Hall–Kier alpha value is -3.26. The van der Waals surface area contributed by atoms with E-state index in [0.29, 0.717) is 42.9 Å². The standard InChI is InChI=1S/C71H125NO13/c1-5-9-15-24-56-30-38-62(39-31-56)68(76)82-52-60(53-83-69(77)63-40-32-57(33-41-63)25-16-10-6-2)50-80-66(74)28-19-13-21-46-72(48-23-49-73)47-22-14-20-29-67(75)81-51-61(54-84-70(78)64-42-34-58(35-43-64)26-17-11-7-3)55-85-71(79)65-44-36-59(37-45-65)27-18-12-8-4/h56-65,73H,5-55H2,1-4H3. The molecule has 0 amide bonds. The predicted molar refractivity (Wildman–Crippen MR) is 336 cm³/mol. The molecular formula is C71H125NO13. The third-order valence-electron chi connectivity index (χ3n) is 19.7. The Balaban J connectivity index is 1.15. The minimum atomic E-state index is -0.435. The molecule has 4 fully saturated rings. The van der Waals surface area contributed by atoms with Gasteiger partial charge in [-0.1, -0.05) is 143 Å². The van der Waals surface area contributed by atoms with Crippen LogP contribution in [0.1, 0.15) is 291 Å². The quantitative estimate of drug-likeness (QED) is 0.0345. The third kappa shape index (κ3) is 33.2. The number of carbonyl (C=O) groups excluding carboxylic acids is 6. The van der Waals surface area contributed by atoms with Gasteiger partial charge in [0.2, 0.25) is 0 Å². The number of aliphatic hydroxyl groups is 1. The van der Waals surface area contributed by atoms with Crippen molar-refractivity contribution in [3.63, 3.8) is 0 Å². The molecule has 4 saturated carbocycles. The second-order valence-electron chi connectivity index (χ2n) is 27.0. The van der Waals surface area contributed by atoms with Crippen molar-refractivity contribution >= 4 is 35.8 Å². The number of nitrogens with zero attached hydrogens (tertiary/aromatic N) is 1. The van der Waals surface area contributed by atoms with E-state index in [1.165, 1.54) is 103 Å². The molecule has 0 aromatic carbocycles. The zero-order valence-corrected chi connectivity index (χ0v) is 54.6. The van der Waals surface area contributed by atoms with Crippen LogP contribution in [0.2, 0.25) is 0 Å². The maximum absolute atomic E-state index is 13.3. The molecule has 0 aromatic rings. The van der Waals surface area contributed by atoms with E-state index in [1.54, 1.807) is 0 Å². The molecule has 14 heteroatoms. The van der Waals surface area contributed by atoms with Crippen LogP contribution in [-0.2, 0) is 57.2 Å². The maximum atomic E-state index is 13.3. The summed E-state index contributed by atoms with van der Waals surface area (Å²) in [5.41, 5.74) is 0. The van der Waals surface area contributed by atoms with Crippen LogP contribution >= 0.6 is 0 Å². The molecule has 0 spiro atoms. The average molecular weight is 1200 g/mol. The Kier molecular flexibility index (Phi) is 40.9. The molecule has 0 saturated heterocycles. The molecule has 0 heterocycles. The number of hydrogen-bond donors (Lipinski definition) is 1. The highest BCUT2D eigenvalue weighted by molar-refractivity contribution is 5.74. The fourth-order valence-corrected chi connectivity index (χ4v) is 13.8. The van der Waals surface area contributed by atoms with E-state index in [9.17, 15) is 33.9 Å². The summed E-state index contributed by atoms with van der Waals surface area (Å²) in [4.78, 5) is 81.6. The van der Waals surface area contributed by atoms with Crippen LogP contribution in [0.5, 0.6) is 0 Å². The van der Waals surface area contributed by atoms with Gasteiger partial charge >= 0.3 is 35.8 Å². The molecule has 14 nitrogen and oxygen atoms in total. The summed E-state index contributed by atoms with van der Waals surface area (Å²) in [6.07, 6.45) is 40.9. The van der Waals surface area contributed by atoms with Gasteiger partial charge in [-0.2, -0.15) is 0 Å². The highest BCUT2D eigenvalue weighted by Gasteiger charge is 2.33. The molecule has 0 radical (unpaired) electrons. The Morgan fingerprint density at radius 2 is 0.588 bits per heavy atom. The summed E-state index contributed by atoms with van der Waals surface area (Å²) in [7, 11) is 0. The average Bonchev–Trinajstić information content (AvgIpc) is 3.59. The first kappa shape index (κ1) is 74.2. The lowest BCUT2D eigenvalue weighted by Crippen LogP contribution is -2.31. The maximum Gasteiger partial charge on any atom is 0.308 e. The Bertz CT molecular complexity index is 1550. The van der Waals surface area contributed by atoms with Gasteiger partial charge in [-0.3, -0.25) is 28.8 Å². The molecule has 0 aliphatic heterocycles. The summed E-state index contributed by atoms with van der Waals surface area (Å²) in [6.45, 7) is 11.7. The number of esters is 6. The van der Waals surface area contributed by atoms with Gasteiger partial charge in [-0.05, 0) is 172 Å². The molecule has 4 aliphatic rings. The predicted octanol–water partition coefficient (Wildman–Crippen LogP) is 15.8. The van der Waals surface area contributed by atoms with E-state index in [1.807, 2.05) is 0 Å². The zero-order chi connectivity index (χ0) is 61.1. The first-order valence-electron chi connectivity index (χ1n) is 35.8. The van der Waals surface area contributed by atoms with Gasteiger partial charge in [0, 0.05) is 26.0 Å². The van der Waals surface area contributed by atoms with Crippen LogP contribution in [0.4, 0.5) is 0 Å². The number of hydrogen-bond acceptors (Lipinski definition) is 14. The lowest BCUT2D eigenvalue weighted by atomic mass is 9.80. The molecule has 1 N–H and O–H groups in total. The van der Waals surface area contributed by atoms with Gasteiger partial charge in [0.1, 0.15) is 39.6 Å². The van der Waals surface area contributed by atoms with Gasteiger partial charge in [0.15, 0.2) is 0 Å². The van der Waals surface area contributed by atoms with Crippen LogP contribution in [0.3, 0.4) is 0 Å². The molecule has 0 bridgehead atoms. The SMILES string of the molecule is CCCCCC1CCC(C(=O)OCC(COC(=O)CCCCCN(CCCO)CCCCCC(=O)OCC(COC(=O)C2CCC(CCCCC)CC2)COC(=O)C2CCC(CCCCC)CC2)COC(=O)C2CCC(CCCCC)CC2)CC1. The van der Waals surface area contributed by atoms with Crippen molar-refractivity contribution in [2.75, 3.05) is 65.9 Å². The second-order valence-corrected chi connectivity index (χ2v) is 27.0. The largest absolute Gasteiger partial charge is 0.465 e. The Morgan fingerprint density at radius 3 is 0.847 bits per heavy atom. The second kappa shape index (κ2) is 46.8. The number of rotatable bonds is 47. The molecule has 492 valence electrons. The highest BCUT2D eigenvalue weighted by Crippen LogP contribution is 2.36. The van der Waals surface area contributed by atoms with Crippen LogP contribution in [0, 0.1) is 59.2 Å². The molecule has 85 heavy (non-hydrogen) atoms. The van der Waals surface area contributed by atoms with Crippen molar-refractivity contribution < 1.29 is 62.3 Å². The summed E-state index contributed by atoms with van der Waals surface area (Å²) < 4.78 is 35.0. The zero-order valence-electron chi connectivity index (χ0n) is 54.6. The van der Waals surface area contributed by atoms with Crippen molar-refractivity contribution in [1.82, 2.24) is 4.90 Å². The van der Waals surface area contributed by atoms with Gasteiger partial charge in [-0.25, -0.2) is 0 Å². The Labute approximate surface area is 516 Å². The van der Waals surface area contributed by atoms with Crippen LogP contribution < -0.4 is 0 Å². The highest BCUT2D eigenvalue weighted by atomic mass is 16.6. The van der Waals surface area contributed by atoms with E-state index in [2.05, 4.69) is 32.6 Å². The van der Waals surface area contributed by atoms with Gasteiger partial charge < -0.3 is 38.4 Å². The van der Waals surface area contributed by atoms with E-state index in [-0.39, 0.29) is 119 Å². The molecule has 0 unspecified atom stereocenters. The normalized spacial score (nSPS) is 23.4. The lowest BCUT2D eigenvalue weighted by Gasteiger charge is -2.28. The lowest BCUT2D eigenvalue weighted by molar-refractivity contribution is -0.161.